The topological polar surface area (TPSA) is 71.3 Å². The maximum absolute atomic E-state index is 5.62. The number of ether oxygens (including phenoxy) is 2. The van der Waals surface area contributed by atoms with Gasteiger partial charge in [-0.1, -0.05) is 12.1 Å². The van der Waals surface area contributed by atoms with E-state index in [0.717, 1.165) is 37.0 Å². The van der Waals surface area contributed by atoms with Crippen LogP contribution in [0.2, 0.25) is 0 Å². The number of methoxy groups -OCH3 is 1. The molecule has 1 unspecified atom stereocenters. The summed E-state index contributed by atoms with van der Waals surface area (Å²) in [5.74, 6) is 2.53. The van der Waals surface area contributed by atoms with Crippen LogP contribution in [-0.2, 0) is 11.3 Å². The minimum Gasteiger partial charge on any atom is -0.497 e. The molecular formula is C22H34N4O3. The zero-order valence-corrected chi connectivity index (χ0v) is 18.0. The van der Waals surface area contributed by atoms with E-state index in [1.165, 1.54) is 5.56 Å². The van der Waals surface area contributed by atoms with Gasteiger partial charge in [-0.25, -0.2) is 0 Å². The summed E-state index contributed by atoms with van der Waals surface area (Å²) in [6.07, 6.45) is 2.55. The molecule has 1 heterocycles. The third-order valence-electron chi connectivity index (χ3n) is 4.47. The molecule has 0 saturated heterocycles. The molecule has 1 aromatic heterocycles. The number of nitrogens with zero attached hydrogens (tertiary/aromatic N) is 2. The molecule has 0 radical (unpaired) electrons. The minimum absolute atomic E-state index is 0.188. The smallest absolute Gasteiger partial charge is 0.191 e. The van der Waals surface area contributed by atoms with Crippen molar-refractivity contribution in [2.24, 2.45) is 4.99 Å². The first kappa shape index (κ1) is 22.8. The van der Waals surface area contributed by atoms with Gasteiger partial charge in [-0.05, 0) is 57.3 Å². The Labute approximate surface area is 174 Å². The Kier molecular flexibility index (Phi) is 10.1. The average molecular weight is 403 g/mol. The molecule has 7 nitrogen and oxygen atoms in total. The molecule has 29 heavy (non-hydrogen) atoms. The van der Waals surface area contributed by atoms with Crippen molar-refractivity contribution < 1.29 is 13.9 Å². The highest BCUT2D eigenvalue weighted by Crippen LogP contribution is 2.21. The highest BCUT2D eigenvalue weighted by Gasteiger charge is 2.14. The van der Waals surface area contributed by atoms with Gasteiger partial charge in [0.1, 0.15) is 18.1 Å². The lowest BCUT2D eigenvalue weighted by Gasteiger charge is -2.24. The number of guanidine groups is 1. The SMILES string of the molecule is CCNC(=NCC(c1ccc(OC)cc1)N(C)C)NCCCOCc1ccco1. The summed E-state index contributed by atoms with van der Waals surface area (Å²) in [6, 6.07) is 12.1. The lowest BCUT2D eigenvalue weighted by molar-refractivity contribution is 0.105. The van der Waals surface area contributed by atoms with Crippen molar-refractivity contribution in [1.82, 2.24) is 15.5 Å². The van der Waals surface area contributed by atoms with Gasteiger partial charge in [-0.2, -0.15) is 0 Å². The van der Waals surface area contributed by atoms with Gasteiger partial charge in [0.15, 0.2) is 5.96 Å². The summed E-state index contributed by atoms with van der Waals surface area (Å²) >= 11 is 0. The molecule has 2 N–H and O–H groups in total. The zero-order valence-electron chi connectivity index (χ0n) is 18.0. The quantitative estimate of drug-likeness (QED) is 0.323. The summed E-state index contributed by atoms with van der Waals surface area (Å²) in [4.78, 5) is 6.96. The molecule has 0 aliphatic heterocycles. The Morgan fingerprint density at radius 1 is 1.17 bits per heavy atom. The van der Waals surface area contributed by atoms with E-state index < -0.39 is 0 Å². The van der Waals surface area contributed by atoms with Crippen LogP contribution in [0, 0.1) is 0 Å². The van der Waals surface area contributed by atoms with Crippen molar-refractivity contribution in [3.8, 4) is 5.75 Å². The third kappa shape index (κ3) is 8.17. The monoisotopic (exact) mass is 402 g/mol. The van der Waals surface area contributed by atoms with E-state index in [0.29, 0.717) is 19.8 Å². The van der Waals surface area contributed by atoms with Gasteiger partial charge in [0.25, 0.3) is 0 Å². The maximum Gasteiger partial charge on any atom is 0.191 e. The Morgan fingerprint density at radius 2 is 1.97 bits per heavy atom. The van der Waals surface area contributed by atoms with Gasteiger partial charge in [0.05, 0.1) is 26.0 Å². The number of likely N-dealkylation sites (N-methyl/N-ethyl adjacent to an activating group) is 1. The molecular weight excluding hydrogens is 368 g/mol. The highest BCUT2D eigenvalue weighted by molar-refractivity contribution is 5.79. The Morgan fingerprint density at radius 3 is 2.59 bits per heavy atom. The Hall–Kier alpha value is -2.51. The van der Waals surface area contributed by atoms with Crippen LogP contribution in [0.3, 0.4) is 0 Å². The van der Waals surface area contributed by atoms with Crippen molar-refractivity contribution in [2.45, 2.75) is 26.0 Å². The molecule has 0 bridgehead atoms. The average Bonchev–Trinajstić information content (AvgIpc) is 3.24. The minimum atomic E-state index is 0.188. The van der Waals surface area contributed by atoms with Gasteiger partial charge in [-0.3, -0.25) is 4.99 Å². The molecule has 0 spiro atoms. The van der Waals surface area contributed by atoms with Crippen LogP contribution in [-0.4, -0.2) is 58.3 Å². The van der Waals surface area contributed by atoms with Crippen LogP contribution >= 0.6 is 0 Å². The molecule has 1 atom stereocenters. The fraction of sp³-hybridized carbons (Fsp3) is 0.500. The molecule has 2 rings (SSSR count). The number of rotatable bonds is 12. The highest BCUT2D eigenvalue weighted by atomic mass is 16.5. The van der Waals surface area contributed by atoms with Crippen LogP contribution in [0.1, 0.15) is 30.7 Å². The summed E-state index contributed by atoms with van der Waals surface area (Å²) in [6.45, 7) is 5.50. The number of nitrogens with one attached hydrogen (secondary N) is 2. The first-order chi connectivity index (χ1) is 14.1. The van der Waals surface area contributed by atoms with Gasteiger partial charge >= 0.3 is 0 Å². The predicted molar refractivity (Wildman–Crippen MR) is 116 cm³/mol. The van der Waals surface area contributed by atoms with E-state index in [4.69, 9.17) is 18.9 Å². The lowest BCUT2D eigenvalue weighted by atomic mass is 10.1. The van der Waals surface area contributed by atoms with E-state index in [9.17, 15) is 0 Å². The molecule has 0 amide bonds. The van der Waals surface area contributed by atoms with Crippen molar-refractivity contribution in [1.29, 1.82) is 0 Å². The standard InChI is InChI=1S/C22H34N4O3/c1-5-23-22(24-13-7-14-28-17-20-8-6-15-29-20)25-16-21(26(2)3)18-9-11-19(27-4)12-10-18/h6,8-12,15,21H,5,7,13-14,16-17H2,1-4H3,(H2,23,24,25). The Balaban J connectivity index is 1.81. The van der Waals surface area contributed by atoms with Crippen molar-refractivity contribution in [3.05, 3.63) is 54.0 Å². The molecule has 0 saturated carbocycles. The third-order valence-corrected chi connectivity index (χ3v) is 4.47. The second kappa shape index (κ2) is 12.9. The number of hydrogen-bond acceptors (Lipinski definition) is 5. The predicted octanol–water partition coefficient (Wildman–Crippen LogP) is 3.05. The van der Waals surface area contributed by atoms with Crippen LogP contribution in [0.25, 0.3) is 0 Å². The molecule has 0 fully saturated rings. The van der Waals surface area contributed by atoms with Crippen LogP contribution in [0.4, 0.5) is 0 Å². The van der Waals surface area contributed by atoms with Crippen LogP contribution in [0.5, 0.6) is 5.75 Å². The van der Waals surface area contributed by atoms with Gasteiger partial charge < -0.3 is 29.4 Å². The molecule has 7 heteroatoms. The molecule has 0 aliphatic carbocycles. The lowest BCUT2D eigenvalue weighted by Crippen LogP contribution is -2.38. The van der Waals surface area contributed by atoms with Crippen molar-refractivity contribution >= 4 is 5.96 Å². The fourth-order valence-electron chi connectivity index (χ4n) is 2.86. The van der Waals surface area contributed by atoms with E-state index in [2.05, 4.69) is 48.7 Å². The van der Waals surface area contributed by atoms with Crippen molar-refractivity contribution in [2.75, 3.05) is 47.4 Å². The second-order valence-corrected chi connectivity index (χ2v) is 6.88. The molecule has 2 aromatic rings. The van der Waals surface area contributed by atoms with Crippen molar-refractivity contribution in [3.63, 3.8) is 0 Å². The molecule has 0 aliphatic rings. The number of hydrogen-bond donors (Lipinski definition) is 2. The maximum atomic E-state index is 5.62. The van der Waals surface area contributed by atoms with E-state index in [-0.39, 0.29) is 6.04 Å². The second-order valence-electron chi connectivity index (χ2n) is 6.88. The van der Waals surface area contributed by atoms with Crippen LogP contribution in [0.15, 0.2) is 52.1 Å². The van der Waals surface area contributed by atoms with Gasteiger partial charge in [-0.15, -0.1) is 0 Å². The summed E-state index contributed by atoms with van der Waals surface area (Å²) < 4.78 is 16.1. The van der Waals surface area contributed by atoms with Crippen LogP contribution < -0.4 is 15.4 Å². The Bertz CT molecular complexity index is 699. The summed E-state index contributed by atoms with van der Waals surface area (Å²) in [7, 11) is 5.82. The van der Waals surface area contributed by atoms with Gasteiger partial charge in [0, 0.05) is 19.7 Å². The fourth-order valence-corrected chi connectivity index (χ4v) is 2.86. The first-order valence-electron chi connectivity index (χ1n) is 10.1. The number of furan rings is 1. The largest absolute Gasteiger partial charge is 0.497 e. The van der Waals surface area contributed by atoms with E-state index in [1.54, 1.807) is 13.4 Å². The summed E-state index contributed by atoms with van der Waals surface area (Å²) in [5, 5.41) is 6.68. The van der Waals surface area contributed by atoms with E-state index in [1.807, 2.05) is 24.3 Å². The summed E-state index contributed by atoms with van der Waals surface area (Å²) in [5.41, 5.74) is 1.21. The number of aliphatic imine (C=N–C) groups is 1. The van der Waals surface area contributed by atoms with E-state index >= 15 is 0 Å². The molecule has 160 valence electrons. The first-order valence-corrected chi connectivity index (χ1v) is 10.1. The zero-order chi connectivity index (χ0) is 20.9. The molecule has 1 aromatic carbocycles. The number of benzene rings is 1. The normalized spacial score (nSPS) is 12.8. The van der Waals surface area contributed by atoms with Gasteiger partial charge in [0.2, 0.25) is 0 Å².